The number of rotatable bonds is 10. The molecule has 2 rings (SSSR count). The fraction of sp³-hybridized carbons (Fsp3) is 0.348. The first-order valence-electron chi connectivity index (χ1n) is 10.00. The number of methoxy groups -OCH3 is 3. The van der Waals surface area contributed by atoms with E-state index in [-0.39, 0.29) is 0 Å². The van der Waals surface area contributed by atoms with Gasteiger partial charge < -0.3 is 38.9 Å². The Hall–Kier alpha value is -3.79. The van der Waals surface area contributed by atoms with Crippen molar-refractivity contribution in [3.8, 4) is 17.2 Å². The van der Waals surface area contributed by atoms with Gasteiger partial charge in [0.15, 0.2) is 17.5 Å². The van der Waals surface area contributed by atoms with Crippen LogP contribution in [0.4, 0.5) is 0 Å². The smallest absolute Gasteiger partial charge is 0.351 e. The molecule has 10 nitrogen and oxygen atoms in total. The molecular formula is C23H29NO9. The molecule has 33 heavy (non-hydrogen) atoms. The van der Waals surface area contributed by atoms with E-state index < -0.39 is 17.9 Å². The van der Waals surface area contributed by atoms with Gasteiger partial charge in [-0.05, 0) is 12.1 Å². The molecule has 0 heterocycles. The van der Waals surface area contributed by atoms with E-state index in [0.29, 0.717) is 29.4 Å². The molecule has 180 valence electrons. The number of carboxylic acids is 2. The van der Waals surface area contributed by atoms with Gasteiger partial charge >= 0.3 is 11.9 Å². The predicted molar refractivity (Wildman–Crippen MR) is 116 cm³/mol. The van der Waals surface area contributed by atoms with Gasteiger partial charge in [0.1, 0.15) is 6.54 Å². The Labute approximate surface area is 192 Å². The van der Waals surface area contributed by atoms with Crippen molar-refractivity contribution in [2.24, 2.45) is 0 Å². The summed E-state index contributed by atoms with van der Waals surface area (Å²) < 4.78 is 21.2. The molecule has 0 saturated carbocycles. The number of nitrogens with one attached hydrogen (secondary N) is 1. The number of esters is 1. The molecule has 1 unspecified atom stereocenters. The number of hydrogen-bond acceptors (Lipinski definition) is 8. The third kappa shape index (κ3) is 9.48. The van der Waals surface area contributed by atoms with Crippen molar-refractivity contribution in [1.29, 1.82) is 0 Å². The van der Waals surface area contributed by atoms with Crippen molar-refractivity contribution in [3.05, 3.63) is 53.6 Å². The Kier molecular flexibility index (Phi) is 11.8. The number of carbonyl (C=O) groups excluding carboxylic acids is 2. The van der Waals surface area contributed by atoms with E-state index in [1.54, 1.807) is 12.1 Å². The lowest BCUT2D eigenvalue weighted by Crippen LogP contribution is -3.07. The minimum Gasteiger partial charge on any atom is -0.539 e. The monoisotopic (exact) mass is 463 g/mol. The summed E-state index contributed by atoms with van der Waals surface area (Å²) in [7, 11) is 6.68. The van der Waals surface area contributed by atoms with E-state index in [0.717, 1.165) is 19.5 Å². The predicted octanol–water partition coefficient (Wildman–Crippen LogP) is -0.205. The number of hydrogen-bond donors (Lipinski definition) is 2. The highest BCUT2D eigenvalue weighted by Crippen LogP contribution is 2.38. The van der Waals surface area contributed by atoms with Crippen molar-refractivity contribution in [1.82, 2.24) is 0 Å². The molecule has 0 aliphatic carbocycles. The van der Waals surface area contributed by atoms with Crippen molar-refractivity contribution >= 4 is 17.9 Å². The summed E-state index contributed by atoms with van der Waals surface area (Å²) in [6.45, 7) is 2.22. The largest absolute Gasteiger partial charge is 0.539 e. The molecule has 0 spiro atoms. The molecule has 2 N–H and O–H groups in total. The Balaban J connectivity index is 0.000000801. The van der Waals surface area contributed by atoms with Gasteiger partial charge in [0.25, 0.3) is 0 Å². The first-order chi connectivity index (χ1) is 15.7. The zero-order chi connectivity index (χ0) is 24.8. The molecule has 1 atom stereocenters. The Morgan fingerprint density at radius 2 is 1.52 bits per heavy atom. The lowest BCUT2D eigenvalue weighted by Gasteiger charge is -2.15. The first-order valence-corrected chi connectivity index (χ1v) is 10.00. The molecule has 0 aromatic heterocycles. The molecule has 0 bridgehead atoms. The summed E-state index contributed by atoms with van der Waals surface area (Å²) in [6.07, 6.45) is 0.787. The van der Waals surface area contributed by atoms with Crippen LogP contribution in [-0.4, -0.2) is 64.5 Å². The van der Waals surface area contributed by atoms with Crippen LogP contribution in [0.3, 0.4) is 0 Å². The second-order valence-corrected chi connectivity index (χ2v) is 6.87. The summed E-state index contributed by atoms with van der Waals surface area (Å²) in [5.74, 6) is -3.12. The first kappa shape index (κ1) is 27.2. The lowest BCUT2D eigenvalue weighted by molar-refractivity contribution is -0.894. The molecule has 0 radical (unpaired) electrons. The topological polar surface area (TPSA) is 136 Å². The highest BCUT2D eigenvalue weighted by atomic mass is 16.5. The molecule has 2 aromatic rings. The fourth-order valence-electron chi connectivity index (χ4n) is 2.85. The number of quaternary nitrogens is 1. The maximum atomic E-state index is 12.3. The van der Waals surface area contributed by atoms with Crippen LogP contribution in [-0.2, 0) is 20.9 Å². The molecule has 0 aliphatic rings. The highest BCUT2D eigenvalue weighted by Gasteiger charge is 2.18. The average molecular weight is 463 g/mol. The molecule has 0 fully saturated rings. The number of carbonyl (C=O) groups is 3. The number of ether oxygens (including phenoxy) is 4. The van der Waals surface area contributed by atoms with Crippen molar-refractivity contribution < 1.29 is 48.4 Å². The third-order valence-corrected chi connectivity index (χ3v) is 4.40. The number of benzene rings is 2. The van der Waals surface area contributed by atoms with Crippen LogP contribution in [0.5, 0.6) is 17.2 Å². The van der Waals surface area contributed by atoms with Gasteiger partial charge in [0.05, 0.1) is 47.1 Å². The van der Waals surface area contributed by atoms with Crippen LogP contribution >= 0.6 is 0 Å². The van der Waals surface area contributed by atoms with Gasteiger partial charge in [-0.25, -0.2) is 9.59 Å². The Morgan fingerprint density at radius 3 is 1.97 bits per heavy atom. The SMILES string of the molecule is COc1cc(C(=O)OCCC[NH+](C)Cc2ccccc2)cc(OC)c1OC.O=C([O-])C(=O)O. The second-order valence-electron chi connectivity index (χ2n) is 6.87. The normalized spacial score (nSPS) is 10.8. The van der Waals surface area contributed by atoms with Gasteiger partial charge in [-0.3, -0.25) is 0 Å². The van der Waals surface area contributed by atoms with E-state index in [1.165, 1.54) is 31.8 Å². The molecule has 0 amide bonds. The maximum absolute atomic E-state index is 12.3. The number of aliphatic carboxylic acids is 2. The van der Waals surface area contributed by atoms with Gasteiger partial charge in [-0.1, -0.05) is 30.3 Å². The van der Waals surface area contributed by atoms with Crippen LogP contribution in [0.1, 0.15) is 22.3 Å². The van der Waals surface area contributed by atoms with E-state index in [1.807, 2.05) is 18.2 Å². The molecule has 2 aromatic carbocycles. The third-order valence-electron chi connectivity index (χ3n) is 4.40. The minimum atomic E-state index is -2.07. The van der Waals surface area contributed by atoms with Crippen molar-refractivity contribution in [2.75, 3.05) is 41.5 Å². The zero-order valence-electron chi connectivity index (χ0n) is 19.1. The summed E-state index contributed by atoms with van der Waals surface area (Å²) in [4.78, 5) is 31.7. The maximum Gasteiger partial charge on any atom is 0.351 e. The summed E-state index contributed by atoms with van der Waals surface area (Å²) in [6, 6.07) is 13.5. The average Bonchev–Trinajstić information content (AvgIpc) is 2.81. The lowest BCUT2D eigenvalue weighted by atomic mass is 10.2. The van der Waals surface area contributed by atoms with E-state index >= 15 is 0 Å². The summed E-state index contributed by atoms with van der Waals surface area (Å²) >= 11 is 0. The van der Waals surface area contributed by atoms with E-state index in [2.05, 4.69) is 19.2 Å². The number of carboxylic acid groups (broad SMARTS) is 2. The molecule has 0 aliphatic heterocycles. The Morgan fingerprint density at radius 1 is 0.970 bits per heavy atom. The van der Waals surface area contributed by atoms with Gasteiger partial charge in [0.2, 0.25) is 5.75 Å². The van der Waals surface area contributed by atoms with Gasteiger partial charge in [-0.15, -0.1) is 0 Å². The van der Waals surface area contributed by atoms with Crippen LogP contribution < -0.4 is 24.2 Å². The zero-order valence-corrected chi connectivity index (χ0v) is 19.1. The van der Waals surface area contributed by atoms with Gasteiger partial charge in [-0.2, -0.15) is 0 Å². The van der Waals surface area contributed by atoms with Crippen LogP contribution in [0.2, 0.25) is 0 Å². The van der Waals surface area contributed by atoms with Gasteiger partial charge in [0, 0.05) is 12.0 Å². The van der Waals surface area contributed by atoms with Crippen LogP contribution in [0, 0.1) is 0 Å². The van der Waals surface area contributed by atoms with Crippen molar-refractivity contribution in [2.45, 2.75) is 13.0 Å². The fourth-order valence-corrected chi connectivity index (χ4v) is 2.85. The van der Waals surface area contributed by atoms with Crippen LogP contribution in [0.25, 0.3) is 0 Å². The standard InChI is InChI=1S/C21H27NO5.C2H2O4/c1-22(15-16-9-6-5-7-10-16)11-8-12-27-21(23)17-13-18(24-2)20(26-4)19(14-17)25-3;3-1(4)2(5)6/h5-7,9-10,13-14H,8,11-12,15H2,1-4H3;(H,3,4)(H,5,6). The molecular weight excluding hydrogens is 434 g/mol. The van der Waals surface area contributed by atoms with Crippen LogP contribution in [0.15, 0.2) is 42.5 Å². The van der Waals surface area contributed by atoms with Crippen molar-refractivity contribution in [3.63, 3.8) is 0 Å². The minimum absolute atomic E-state index is 0.363. The molecule has 10 heteroatoms. The van der Waals surface area contributed by atoms with E-state index in [4.69, 9.17) is 38.7 Å². The Bertz CT molecular complexity index is 878. The summed E-state index contributed by atoms with van der Waals surface area (Å²) in [5.41, 5.74) is 1.67. The molecule has 0 saturated heterocycles. The summed E-state index contributed by atoms with van der Waals surface area (Å²) in [5, 5.41) is 16.3. The van der Waals surface area contributed by atoms with E-state index in [9.17, 15) is 4.79 Å². The second kappa shape index (κ2) is 14.3. The quantitative estimate of drug-likeness (QED) is 0.279. The highest BCUT2D eigenvalue weighted by molar-refractivity contribution is 6.26.